The van der Waals surface area contributed by atoms with Crippen molar-refractivity contribution < 1.29 is 5.11 Å². The molecule has 0 amide bonds. The number of aromatic nitrogens is 5. The van der Waals surface area contributed by atoms with Gasteiger partial charge in [-0.2, -0.15) is 5.10 Å². The first-order valence-corrected chi connectivity index (χ1v) is 11.5. The van der Waals surface area contributed by atoms with Crippen molar-refractivity contribution in [1.82, 2.24) is 24.3 Å². The molecule has 0 unspecified atom stereocenters. The highest BCUT2D eigenvalue weighted by Crippen LogP contribution is 2.32. The Morgan fingerprint density at radius 2 is 1.72 bits per heavy atom. The first kappa shape index (κ1) is 21.5. The topological polar surface area (TPSA) is 112 Å². The molecule has 0 aliphatic heterocycles. The fourth-order valence-electron chi connectivity index (χ4n) is 4.72. The van der Waals surface area contributed by atoms with Gasteiger partial charge in [0.15, 0.2) is 5.65 Å². The summed E-state index contributed by atoms with van der Waals surface area (Å²) in [6.07, 6.45) is 1.40. The number of aromatic hydroxyl groups is 1. The molecule has 176 valence electrons. The number of benzene rings is 3. The molecule has 0 saturated heterocycles. The standard InChI is InChI=1S/C28H22N6O2/c1-17-7-5-8-18-13-21(34(28(36)23(17)18)20-10-3-2-4-11-20)15-33-27-24(26(29)30-16-31-27)25(32-33)19-9-6-12-22(35)14-19/h2-14,16,35H,15H2,1H3,(H2,29,30,31). The number of nitrogen functional groups attached to an aromatic ring is 1. The van der Waals surface area contributed by atoms with Crippen LogP contribution in [0.1, 0.15) is 11.3 Å². The Kier molecular flexibility index (Phi) is 5.00. The van der Waals surface area contributed by atoms with Crippen LogP contribution in [0.2, 0.25) is 0 Å². The van der Waals surface area contributed by atoms with Gasteiger partial charge in [-0.25, -0.2) is 14.6 Å². The predicted octanol–water partition coefficient (Wildman–Crippen LogP) is 4.44. The Hall–Kier alpha value is -4.98. The minimum Gasteiger partial charge on any atom is -0.508 e. The number of pyridine rings is 1. The highest BCUT2D eigenvalue weighted by molar-refractivity contribution is 5.98. The van der Waals surface area contributed by atoms with Crippen LogP contribution in [0.4, 0.5) is 5.82 Å². The van der Waals surface area contributed by atoms with Crippen molar-refractivity contribution in [3.63, 3.8) is 0 Å². The van der Waals surface area contributed by atoms with Gasteiger partial charge < -0.3 is 10.8 Å². The summed E-state index contributed by atoms with van der Waals surface area (Å²) < 4.78 is 3.45. The number of rotatable bonds is 4. The van der Waals surface area contributed by atoms with Crippen molar-refractivity contribution in [1.29, 1.82) is 0 Å². The van der Waals surface area contributed by atoms with Crippen molar-refractivity contribution in [3.05, 3.63) is 107 Å². The van der Waals surface area contributed by atoms with Gasteiger partial charge in [0.2, 0.25) is 0 Å². The van der Waals surface area contributed by atoms with Crippen LogP contribution in [-0.4, -0.2) is 29.4 Å². The smallest absolute Gasteiger partial charge is 0.263 e. The van der Waals surface area contributed by atoms with Gasteiger partial charge in [0.25, 0.3) is 5.56 Å². The van der Waals surface area contributed by atoms with Crippen LogP contribution in [0.5, 0.6) is 5.75 Å². The summed E-state index contributed by atoms with van der Waals surface area (Å²) in [6.45, 7) is 2.21. The van der Waals surface area contributed by atoms with Crippen molar-refractivity contribution in [2.24, 2.45) is 0 Å². The van der Waals surface area contributed by atoms with Crippen LogP contribution < -0.4 is 11.3 Å². The lowest BCUT2D eigenvalue weighted by molar-refractivity contribution is 0.475. The molecule has 3 aromatic carbocycles. The van der Waals surface area contributed by atoms with Crippen LogP contribution in [0, 0.1) is 6.92 Å². The number of phenols is 1. The van der Waals surface area contributed by atoms with E-state index in [1.54, 1.807) is 27.4 Å². The second-order valence-electron chi connectivity index (χ2n) is 8.67. The van der Waals surface area contributed by atoms with Gasteiger partial charge in [0.1, 0.15) is 23.6 Å². The first-order valence-electron chi connectivity index (χ1n) is 11.5. The zero-order chi connectivity index (χ0) is 24.8. The third-order valence-electron chi connectivity index (χ3n) is 6.34. The maximum absolute atomic E-state index is 13.8. The van der Waals surface area contributed by atoms with E-state index < -0.39 is 0 Å². The minimum atomic E-state index is -0.0920. The maximum Gasteiger partial charge on any atom is 0.263 e. The van der Waals surface area contributed by atoms with Crippen molar-refractivity contribution in [3.8, 4) is 22.7 Å². The zero-order valence-corrected chi connectivity index (χ0v) is 19.5. The van der Waals surface area contributed by atoms with Gasteiger partial charge in [-0.3, -0.25) is 9.36 Å². The van der Waals surface area contributed by atoms with Crippen LogP contribution in [0.25, 0.3) is 38.8 Å². The zero-order valence-electron chi connectivity index (χ0n) is 19.5. The lowest BCUT2D eigenvalue weighted by Gasteiger charge is -2.16. The summed E-state index contributed by atoms with van der Waals surface area (Å²) in [6, 6.07) is 24.2. The van der Waals surface area contributed by atoms with Crippen LogP contribution in [0.15, 0.2) is 90.0 Å². The Balaban J connectivity index is 1.61. The molecule has 0 aliphatic rings. The van der Waals surface area contributed by atoms with Crippen molar-refractivity contribution in [2.45, 2.75) is 13.5 Å². The monoisotopic (exact) mass is 474 g/mol. The minimum absolute atomic E-state index is 0.0920. The third kappa shape index (κ3) is 3.47. The molecular formula is C28H22N6O2. The molecule has 8 heteroatoms. The lowest BCUT2D eigenvalue weighted by atomic mass is 10.1. The number of aryl methyl sites for hydroxylation is 1. The highest BCUT2D eigenvalue weighted by atomic mass is 16.3. The fraction of sp³-hybridized carbons (Fsp3) is 0.0714. The molecule has 0 radical (unpaired) electrons. The van der Waals surface area contributed by atoms with E-state index in [1.165, 1.54) is 6.33 Å². The molecule has 0 bridgehead atoms. The van der Waals surface area contributed by atoms with E-state index in [0.29, 0.717) is 33.5 Å². The molecule has 0 saturated carbocycles. The van der Waals surface area contributed by atoms with Gasteiger partial charge >= 0.3 is 0 Å². The second kappa shape index (κ2) is 8.35. The molecular weight excluding hydrogens is 452 g/mol. The predicted molar refractivity (Wildman–Crippen MR) is 140 cm³/mol. The Bertz CT molecular complexity index is 1820. The summed E-state index contributed by atoms with van der Waals surface area (Å²) in [4.78, 5) is 22.4. The summed E-state index contributed by atoms with van der Waals surface area (Å²) >= 11 is 0. The van der Waals surface area contributed by atoms with Gasteiger partial charge in [0, 0.05) is 16.9 Å². The van der Waals surface area contributed by atoms with Crippen molar-refractivity contribution in [2.75, 3.05) is 5.73 Å². The van der Waals surface area contributed by atoms with E-state index in [4.69, 9.17) is 10.8 Å². The molecule has 8 nitrogen and oxygen atoms in total. The number of phenolic OH excluding ortho intramolecular Hbond substituents is 1. The third-order valence-corrected chi connectivity index (χ3v) is 6.34. The number of fused-ring (bicyclic) bond motifs is 2. The van der Waals surface area contributed by atoms with Crippen LogP contribution in [-0.2, 0) is 6.54 Å². The molecule has 0 fully saturated rings. The molecule has 6 aromatic rings. The Morgan fingerprint density at radius 1 is 0.917 bits per heavy atom. The second-order valence-corrected chi connectivity index (χ2v) is 8.67. The molecule has 3 heterocycles. The van der Waals surface area contributed by atoms with E-state index in [1.807, 2.05) is 67.6 Å². The van der Waals surface area contributed by atoms with Crippen LogP contribution >= 0.6 is 0 Å². The average molecular weight is 475 g/mol. The maximum atomic E-state index is 13.8. The van der Waals surface area contributed by atoms with Gasteiger partial charge in [-0.1, -0.05) is 48.5 Å². The number of nitrogens with zero attached hydrogens (tertiary/aromatic N) is 5. The molecule has 6 rings (SSSR count). The number of hydrogen-bond acceptors (Lipinski definition) is 6. The van der Waals surface area contributed by atoms with E-state index in [2.05, 4.69) is 9.97 Å². The molecule has 0 atom stereocenters. The fourth-order valence-corrected chi connectivity index (χ4v) is 4.72. The Labute approximate surface area is 205 Å². The molecule has 36 heavy (non-hydrogen) atoms. The number of nitrogens with two attached hydrogens (primary N) is 1. The quantitative estimate of drug-likeness (QED) is 0.391. The molecule has 3 aromatic heterocycles. The lowest BCUT2D eigenvalue weighted by Crippen LogP contribution is -2.24. The number of hydrogen-bond donors (Lipinski definition) is 2. The van der Waals surface area contributed by atoms with Gasteiger partial charge in [0.05, 0.1) is 17.3 Å². The van der Waals surface area contributed by atoms with Crippen LogP contribution in [0.3, 0.4) is 0 Å². The van der Waals surface area contributed by atoms with E-state index >= 15 is 0 Å². The summed E-state index contributed by atoms with van der Waals surface area (Å²) in [5.74, 6) is 0.410. The van der Waals surface area contributed by atoms with E-state index in [9.17, 15) is 9.90 Å². The van der Waals surface area contributed by atoms with E-state index in [-0.39, 0.29) is 17.9 Å². The normalized spacial score (nSPS) is 11.4. The molecule has 3 N–H and O–H groups in total. The van der Waals surface area contributed by atoms with E-state index in [0.717, 1.165) is 22.3 Å². The van der Waals surface area contributed by atoms with Gasteiger partial charge in [-0.05, 0) is 48.2 Å². The summed E-state index contributed by atoms with van der Waals surface area (Å²) in [5.41, 5.74) is 10.4. The van der Waals surface area contributed by atoms with Gasteiger partial charge in [-0.15, -0.1) is 0 Å². The summed E-state index contributed by atoms with van der Waals surface area (Å²) in [5, 5.41) is 17.0. The highest BCUT2D eigenvalue weighted by Gasteiger charge is 2.20. The Morgan fingerprint density at radius 3 is 2.53 bits per heavy atom. The van der Waals surface area contributed by atoms with Crippen molar-refractivity contribution >= 4 is 27.6 Å². The number of anilines is 1. The first-order chi connectivity index (χ1) is 17.5. The SMILES string of the molecule is Cc1cccc2cc(Cn3nc(-c4cccc(O)c4)c4c(N)ncnc43)n(-c3ccccc3)c(=O)c12. The number of para-hydroxylation sites is 1. The summed E-state index contributed by atoms with van der Waals surface area (Å²) in [7, 11) is 0. The molecule has 0 spiro atoms. The molecule has 0 aliphatic carbocycles. The largest absolute Gasteiger partial charge is 0.508 e. The average Bonchev–Trinajstić information content (AvgIpc) is 3.24.